The van der Waals surface area contributed by atoms with Crippen molar-refractivity contribution in [1.29, 1.82) is 0 Å². The third-order valence-corrected chi connectivity index (χ3v) is 3.97. The van der Waals surface area contributed by atoms with Crippen molar-refractivity contribution < 1.29 is 40.3 Å². The quantitative estimate of drug-likeness (QED) is 0.359. The number of rotatable bonds is 8. The normalized spacial score (nSPS) is 13.6. The molecule has 0 bridgehead atoms. The highest BCUT2D eigenvalue weighted by Crippen LogP contribution is 2.34. The fraction of sp³-hybridized carbons (Fsp3) is 0.250. The lowest BCUT2D eigenvalue weighted by molar-refractivity contribution is -0.325. The summed E-state index contributed by atoms with van der Waals surface area (Å²) in [5.74, 6) is -0.120. The largest absolute Gasteiger partial charge is 0.522 e. The van der Waals surface area contributed by atoms with E-state index in [1.165, 1.54) is 42.6 Å². The molecule has 0 saturated heterocycles. The first-order valence-corrected chi connectivity index (χ1v) is 8.52. The van der Waals surface area contributed by atoms with E-state index in [-0.39, 0.29) is 22.7 Å². The summed E-state index contributed by atoms with van der Waals surface area (Å²) in [4.78, 5) is 4.08. The smallest absolute Gasteiger partial charge is 0.494 e. The van der Waals surface area contributed by atoms with Gasteiger partial charge in [-0.25, -0.2) is 8.78 Å². The van der Waals surface area contributed by atoms with E-state index < -0.39 is 33.0 Å². The molecule has 160 valence electrons. The zero-order valence-electron chi connectivity index (χ0n) is 18.2. The Hall–Kier alpha value is -3.14. The first-order valence-electron chi connectivity index (χ1n) is 10.0. The van der Waals surface area contributed by atoms with Crippen molar-refractivity contribution in [3.8, 4) is 11.5 Å². The topological polar surface area (TPSA) is 52.6 Å². The third kappa shape index (κ3) is 5.47. The van der Waals surface area contributed by atoms with Crippen LogP contribution < -0.4 is 14.8 Å². The van der Waals surface area contributed by atoms with Crippen molar-refractivity contribution in [3.05, 3.63) is 54.2 Å². The summed E-state index contributed by atoms with van der Waals surface area (Å²) in [6, 6.07) is 9.49. The molecule has 0 atom stereocenters. The number of hydrogen-bond donors (Lipinski definition) is 1. The molecule has 0 aliphatic heterocycles. The Morgan fingerprint density at radius 1 is 1.07 bits per heavy atom. The Balaban J connectivity index is 1.86. The fourth-order valence-electron chi connectivity index (χ4n) is 2.65. The van der Waals surface area contributed by atoms with Gasteiger partial charge in [-0.05, 0) is 24.3 Å². The first kappa shape index (κ1) is 17.7. The van der Waals surface area contributed by atoms with E-state index in [0.717, 1.165) is 0 Å². The fourth-order valence-corrected chi connectivity index (χ4v) is 2.65. The molecule has 1 aromatic heterocycles. The van der Waals surface area contributed by atoms with E-state index in [2.05, 4.69) is 15.0 Å². The lowest BCUT2D eigenvalue weighted by atomic mass is 10.1. The predicted octanol–water partition coefficient (Wildman–Crippen LogP) is 5.84. The summed E-state index contributed by atoms with van der Waals surface area (Å²) in [5.41, 5.74) is 0.717. The van der Waals surface area contributed by atoms with Gasteiger partial charge < -0.3 is 14.8 Å². The van der Waals surface area contributed by atoms with Crippen LogP contribution in [-0.2, 0) is 4.74 Å². The van der Waals surface area contributed by atoms with Crippen LogP contribution in [0.25, 0.3) is 10.9 Å². The minimum Gasteiger partial charge on any atom is -0.494 e. The summed E-state index contributed by atoms with van der Waals surface area (Å²) in [6.07, 6.45) is -6.07. The Kier molecular flexibility index (Phi) is 5.38. The van der Waals surface area contributed by atoms with Crippen molar-refractivity contribution >= 4 is 22.3 Å². The van der Waals surface area contributed by atoms with Gasteiger partial charge in [-0.3, -0.25) is 9.72 Å². The number of hydrogen-bond acceptors (Lipinski definition) is 5. The summed E-state index contributed by atoms with van der Waals surface area (Å²) in [6.45, 7) is -1.20. The number of fused-ring (bicyclic) bond motifs is 1. The second-order valence-corrected chi connectivity index (χ2v) is 5.96. The van der Waals surface area contributed by atoms with Crippen molar-refractivity contribution in [3.63, 3.8) is 0 Å². The Labute approximate surface area is 172 Å². The van der Waals surface area contributed by atoms with E-state index in [1.54, 1.807) is 6.07 Å². The van der Waals surface area contributed by atoms with Crippen LogP contribution >= 0.6 is 0 Å². The number of nitrogens with one attached hydrogen (secondary N) is 1. The molecule has 10 heteroatoms. The SMILES string of the molecule is [2H]C([2H])([2H])Oc1cc(OCCOC(F)(F)F)ccc1Nc1ccnc2cc(C(F)F)ccc12. The maximum Gasteiger partial charge on any atom is 0.522 e. The molecular formula is C20H17F5N2O3. The molecule has 2 aromatic carbocycles. The maximum atomic E-state index is 13.0. The Morgan fingerprint density at radius 3 is 2.63 bits per heavy atom. The van der Waals surface area contributed by atoms with Gasteiger partial charge in [-0.1, -0.05) is 12.1 Å². The first-order chi connectivity index (χ1) is 15.4. The average Bonchev–Trinajstić information content (AvgIpc) is 2.71. The zero-order chi connectivity index (χ0) is 24.2. The van der Waals surface area contributed by atoms with E-state index in [1.807, 2.05) is 0 Å². The Bertz CT molecular complexity index is 1110. The Morgan fingerprint density at radius 2 is 1.90 bits per heavy atom. The zero-order valence-corrected chi connectivity index (χ0v) is 15.2. The standard InChI is InChI=1S/C20H17F5N2O3/c1-28-18-11-13(29-8-9-30-20(23,24)25)3-5-16(18)27-15-6-7-26-17-10-12(19(21)22)2-4-14(15)17/h2-7,10-11,19H,8-9H2,1H3,(H,26,27)/i1D3. The molecule has 1 heterocycles. The van der Waals surface area contributed by atoms with Crippen molar-refractivity contribution in [2.24, 2.45) is 0 Å². The van der Waals surface area contributed by atoms with Crippen LogP contribution in [0.5, 0.6) is 11.5 Å². The monoisotopic (exact) mass is 431 g/mol. The molecule has 5 nitrogen and oxygen atoms in total. The molecule has 0 aliphatic carbocycles. The van der Waals surface area contributed by atoms with Gasteiger partial charge in [0.05, 0.1) is 29.0 Å². The van der Waals surface area contributed by atoms with Crippen LogP contribution in [-0.4, -0.2) is 31.6 Å². The van der Waals surface area contributed by atoms with Gasteiger partial charge >= 0.3 is 6.36 Å². The van der Waals surface area contributed by atoms with E-state index >= 15 is 0 Å². The average molecular weight is 431 g/mol. The number of halogens is 5. The second-order valence-electron chi connectivity index (χ2n) is 5.96. The molecule has 0 aliphatic rings. The minimum atomic E-state index is -4.80. The summed E-state index contributed by atoms with van der Waals surface area (Å²) >= 11 is 0. The van der Waals surface area contributed by atoms with Crippen LogP contribution in [0.3, 0.4) is 0 Å². The van der Waals surface area contributed by atoms with Crippen molar-refractivity contribution in [2.45, 2.75) is 12.8 Å². The van der Waals surface area contributed by atoms with Crippen molar-refractivity contribution in [2.75, 3.05) is 25.6 Å². The van der Waals surface area contributed by atoms with E-state index in [0.29, 0.717) is 16.6 Å². The van der Waals surface area contributed by atoms with Gasteiger partial charge in [0, 0.05) is 28.9 Å². The van der Waals surface area contributed by atoms with Gasteiger partial charge in [-0.2, -0.15) is 0 Å². The molecule has 0 radical (unpaired) electrons. The highest BCUT2D eigenvalue weighted by molar-refractivity contribution is 5.93. The third-order valence-electron chi connectivity index (χ3n) is 3.97. The summed E-state index contributed by atoms with van der Waals surface area (Å²) in [5, 5.41) is 3.46. The molecule has 0 spiro atoms. The minimum absolute atomic E-state index is 0.0479. The van der Waals surface area contributed by atoms with Gasteiger partial charge in [-0.15, -0.1) is 13.2 Å². The number of aromatic nitrogens is 1. The molecule has 30 heavy (non-hydrogen) atoms. The molecular weight excluding hydrogens is 411 g/mol. The highest BCUT2D eigenvalue weighted by Gasteiger charge is 2.28. The number of pyridine rings is 1. The molecule has 1 N–H and O–H groups in total. The molecule has 0 saturated carbocycles. The van der Waals surface area contributed by atoms with Crippen LogP contribution in [0, 0.1) is 0 Å². The van der Waals surface area contributed by atoms with Crippen LogP contribution in [0.2, 0.25) is 0 Å². The highest BCUT2D eigenvalue weighted by atomic mass is 19.4. The van der Waals surface area contributed by atoms with Gasteiger partial charge in [0.2, 0.25) is 0 Å². The number of benzene rings is 2. The predicted molar refractivity (Wildman–Crippen MR) is 100 cm³/mol. The molecule has 0 amide bonds. The summed E-state index contributed by atoms with van der Waals surface area (Å²) < 4.78 is 98.0. The summed E-state index contributed by atoms with van der Waals surface area (Å²) in [7, 11) is -2.83. The van der Waals surface area contributed by atoms with Crippen LogP contribution in [0.4, 0.5) is 33.3 Å². The molecule has 3 aromatic rings. The van der Waals surface area contributed by atoms with E-state index in [4.69, 9.17) is 13.6 Å². The number of nitrogens with zero attached hydrogens (tertiary/aromatic N) is 1. The van der Waals surface area contributed by atoms with Gasteiger partial charge in [0.15, 0.2) is 0 Å². The number of ether oxygens (including phenoxy) is 3. The lowest BCUT2D eigenvalue weighted by Crippen LogP contribution is -2.18. The molecule has 0 unspecified atom stereocenters. The number of methoxy groups -OCH3 is 1. The van der Waals surface area contributed by atoms with Crippen LogP contribution in [0.1, 0.15) is 16.1 Å². The maximum absolute atomic E-state index is 13.0. The molecule has 3 rings (SSSR count). The van der Waals surface area contributed by atoms with Crippen molar-refractivity contribution in [1.82, 2.24) is 4.98 Å². The van der Waals surface area contributed by atoms with E-state index in [9.17, 15) is 22.0 Å². The number of alkyl halides is 5. The molecule has 0 fully saturated rings. The van der Waals surface area contributed by atoms with Crippen LogP contribution in [0.15, 0.2) is 48.7 Å². The second kappa shape index (κ2) is 9.12. The van der Waals surface area contributed by atoms with Gasteiger partial charge in [0.25, 0.3) is 6.43 Å². The van der Waals surface area contributed by atoms with Gasteiger partial charge in [0.1, 0.15) is 18.1 Å². The lowest BCUT2D eigenvalue weighted by Gasteiger charge is -2.15. The number of anilines is 2.